The summed E-state index contributed by atoms with van der Waals surface area (Å²) in [6.07, 6.45) is 7.16. The van der Waals surface area contributed by atoms with Gasteiger partial charge in [-0.25, -0.2) is 10.2 Å². The first-order valence-electron chi connectivity index (χ1n) is 7.94. The van der Waals surface area contributed by atoms with Gasteiger partial charge < -0.3 is 14.6 Å². The van der Waals surface area contributed by atoms with Gasteiger partial charge in [-0.1, -0.05) is 12.1 Å². The fraction of sp³-hybridized carbons (Fsp3) is 0.353. The molecule has 1 atom stereocenters. The average molecular weight is 314 g/mol. The van der Waals surface area contributed by atoms with E-state index in [1.807, 2.05) is 12.1 Å². The molecule has 6 heteroatoms. The minimum Gasteiger partial charge on any atom is -0.464 e. The van der Waals surface area contributed by atoms with Gasteiger partial charge in [0.05, 0.1) is 0 Å². The summed E-state index contributed by atoms with van der Waals surface area (Å²) in [5.41, 5.74) is 7.06. The summed E-state index contributed by atoms with van der Waals surface area (Å²) >= 11 is 0. The Labute approximate surface area is 135 Å². The monoisotopic (exact) mass is 314 g/mol. The van der Waals surface area contributed by atoms with Gasteiger partial charge in [0.15, 0.2) is 0 Å². The summed E-state index contributed by atoms with van der Waals surface area (Å²) in [4.78, 5) is 12.9. The van der Waals surface area contributed by atoms with Crippen molar-refractivity contribution in [3.8, 4) is 0 Å². The molecule has 122 valence electrons. The first kappa shape index (κ1) is 15.4. The van der Waals surface area contributed by atoms with Gasteiger partial charge in [0, 0.05) is 31.2 Å². The zero-order chi connectivity index (χ0) is 16.1. The van der Waals surface area contributed by atoms with E-state index >= 15 is 0 Å². The van der Waals surface area contributed by atoms with E-state index in [-0.39, 0.29) is 0 Å². The Morgan fingerprint density at radius 2 is 1.91 bits per heavy atom. The van der Waals surface area contributed by atoms with Crippen molar-refractivity contribution in [1.82, 2.24) is 15.4 Å². The topological polar surface area (TPSA) is 69.5 Å². The number of nitrogens with zero attached hydrogens (tertiary/aromatic N) is 2. The highest BCUT2D eigenvalue weighted by molar-refractivity contribution is 5.63. The number of piperidine rings is 1. The molecular formula is C17H22N4O2. The van der Waals surface area contributed by atoms with Crippen LogP contribution in [0.2, 0.25) is 0 Å². The average Bonchev–Trinajstić information content (AvgIpc) is 3.10. The standard InChI is InChI=1S/C17H22N4O2/c22-17(23)19-18-13-14-6-8-15(9-7-14)21-12-2-1-5-16(21)20-10-3-4-11-20/h3-4,6-11,16,18-19H,1-2,5,12-13H2,(H,22,23). The summed E-state index contributed by atoms with van der Waals surface area (Å²) < 4.78 is 2.27. The van der Waals surface area contributed by atoms with Gasteiger partial charge in [-0.3, -0.25) is 5.43 Å². The third-order valence-electron chi connectivity index (χ3n) is 4.20. The van der Waals surface area contributed by atoms with Gasteiger partial charge in [-0.15, -0.1) is 0 Å². The quantitative estimate of drug-likeness (QED) is 0.742. The van der Waals surface area contributed by atoms with E-state index in [0.29, 0.717) is 12.7 Å². The number of anilines is 1. The SMILES string of the molecule is O=C(O)NNCc1ccc(N2CCCCC2n2cccc2)cc1. The van der Waals surface area contributed by atoms with E-state index in [4.69, 9.17) is 5.11 Å². The Kier molecular flexibility index (Phi) is 4.83. The zero-order valence-electron chi connectivity index (χ0n) is 13.0. The molecule has 0 saturated carbocycles. The van der Waals surface area contributed by atoms with E-state index in [1.54, 1.807) is 0 Å². The number of hydrazine groups is 1. The highest BCUT2D eigenvalue weighted by Crippen LogP contribution is 2.31. The summed E-state index contributed by atoms with van der Waals surface area (Å²) in [6.45, 7) is 1.52. The van der Waals surface area contributed by atoms with Crippen LogP contribution >= 0.6 is 0 Å². The lowest BCUT2D eigenvalue weighted by Crippen LogP contribution is -2.36. The van der Waals surface area contributed by atoms with Crippen LogP contribution in [0.1, 0.15) is 31.0 Å². The molecule has 1 fully saturated rings. The number of aromatic nitrogens is 1. The Morgan fingerprint density at radius 3 is 2.61 bits per heavy atom. The van der Waals surface area contributed by atoms with Crippen LogP contribution in [0.5, 0.6) is 0 Å². The Balaban J connectivity index is 1.68. The van der Waals surface area contributed by atoms with Crippen LogP contribution in [0.15, 0.2) is 48.8 Å². The van der Waals surface area contributed by atoms with E-state index in [2.05, 4.69) is 57.0 Å². The summed E-state index contributed by atoms with van der Waals surface area (Å²) in [5.74, 6) is 0. The summed E-state index contributed by atoms with van der Waals surface area (Å²) in [5, 5.41) is 8.54. The van der Waals surface area contributed by atoms with Gasteiger partial charge in [0.1, 0.15) is 6.17 Å². The fourth-order valence-corrected chi connectivity index (χ4v) is 3.10. The van der Waals surface area contributed by atoms with E-state index in [9.17, 15) is 4.79 Å². The van der Waals surface area contributed by atoms with E-state index < -0.39 is 6.09 Å². The molecule has 1 unspecified atom stereocenters. The number of nitrogens with one attached hydrogen (secondary N) is 2. The molecular weight excluding hydrogens is 292 g/mol. The Bertz CT molecular complexity index is 625. The van der Waals surface area contributed by atoms with Crippen molar-refractivity contribution in [2.24, 2.45) is 0 Å². The molecule has 0 aliphatic carbocycles. The second kappa shape index (κ2) is 7.19. The molecule has 2 heterocycles. The maximum Gasteiger partial charge on any atom is 0.419 e. The first-order valence-corrected chi connectivity index (χ1v) is 7.94. The first-order chi connectivity index (χ1) is 11.2. The molecule has 23 heavy (non-hydrogen) atoms. The number of hydrogen-bond donors (Lipinski definition) is 3. The van der Waals surface area contributed by atoms with Crippen molar-refractivity contribution in [1.29, 1.82) is 0 Å². The predicted molar refractivity (Wildman–Crippen MR) is 89.1 cm³/mol. The van der Waals surface area contributed by atoms with Gasteiger partial charge in [-0.2, -0.15) is 0 Å². The van der Waals surface area contributed by atoms with Crippen molar-refractivity contribution in [3.63, 3.8) is 0 Å². The highest BCUT2D eigenvalue weighted by Gasteiger charge is 2.23. The van der Waals surface area contributed by atoms with Crippen molar-refractivity contribution in [2.75, 3.05) is 11.4 Å². The molecule has 3 rings (SSSR count). The molecule has 1 aliphatic heterocycles. The number of carbonyl (C=O) groups is 1. The van der Waals surface area contributed by atoms with E-state index in [1.165, 1.54) is 18.5 Å². The lowest BCUT2D eigenvalue weighted by atomic mass is 10.1. The third-order valence-corrected chi connectivity index (χ3v) is 4.20. The second-order valence-corrected chi connectivity index (χ2v) is 5.75. The lowest BCUT2D eigenvalue weighted by Gasteiger charge is -2.38. The van der Waals surface area contributed by atoms with Crippen molar-refractivity contribution < 1.29 is 9.90 Å². The van der Waals surface area contributed by atoms with Gasteiger partial charge in [0.25, 0.3) is 0 Å². The Hall–Kier alpha value is -2.47. The number of benzene rings is 1. The minimum atomic E-state index is -1.08. The molecule has 6 nitrogen and oxygen atoms in total. The van der Waals surface area contributed by atoms with Crippen LogP contribution < -0.4 is 15.8 Å². The zero-order valence-corrected chi connectivity index (χ0v) is 13.0. The molecule has 1 amide bonds. The van der Waals surface area contributed by atoms with Crippen molar-refractivity contribution >= 4 is 11.8 Å². The van der Waals surface area contributed by atoms with Crippen LogP contribution in [0.25, 0.3) is 0 Å². The number of carboxylic acid groups (broad SMARTS) is 1. The van der Waals surface area contributed by atoms with Crippen molar-refractivity contribution in [3.05, 3.63) is 54.4 Å². The molecule has 1 aliphatic rings. The van der Waals surface area contributed by atoms with E-state index in [0.717, 1.165) is 18.5 Å². The fourth-order valence-electron chi connectivity index (χ4n) is 3.10. The Morgan fingerprint density at radius 1 is 1.17 bits per heavy atom. The highest BCUT2D eigenvalue weighted by atomic mass is 16.4. The summed E-state index contributed by atoms with van der Waals surface area (Å²) in [6, 6.07) is 12.4. The minimum absolute atomic E-state index is 0.372. The molecule has 2 aromatic rings. The number of amides is 1. The van der Waals surface area contributed by atoms with Crippen LogP contribution in [0, 0.1) is 0 Å². The van der Waals surface area contributed by atoms with Crippen LogP contribution in [-0.4, -0.2) is 22.3 Å². The maximum absolute atomic E-state index is 10.4. The predicted octanol–water partition coefficient (Wildman–Crippen LogP) is 2.95. The van der Waals surface area contributed by atoms with Gasteiger partial charge >= 0.3 is 6.09 Å². The lowest BCUT2D eigenvalue weighted by molar-refractivity contribution is 0.189. The molecule has 1 saturated heterocycles. The van der Waals surface area contributed by atoms with Gasteiger partial charge in [0.2, 0.25) is 0 Å². The second-order valence-electron chi connectivity index (χ2n) is 5.75. The maximum atomic E-state index is 10.4. The molecule has 0 radical (unpaired) electrons. The third kappa shape index (κ3) is 3.84. The molecule has 0 bridgehead atoms. The smallest absolute Gasteiger partial charge is 0.419 e. The molecule has 0 spiro atoms. The normalized spacial score (nSPS) is 17.9. The van der Waals surface area contributed by atoms with Crippen LogP contribution in [0.4, 0.5) is 10.5 Å². The molecule has 1 aromatic carbocycles. The summed E-state index contributed by atoms with van der Waals surface area (Å²) in [7, 11) is 0. The molecule has 1 aromatic heterocycles. The number of hydrogen-bond acceptors (Lipinski definition) is 3. The largest absolute Gasteiger partial charge is 0.464 e. The van der Waals surface area contributed by atoms with Crippen LogP contribution in [0.3, 0.4) is 0 Å². The van der Waals surface area contributed by atoms with Crippen molar-refractivity contribution in [2.45, 2.75) is 32.0 Å². The van der Waals surface area contributed by atoms with Crippen LogP contribution in [-0.2, 0) is 6.54 Å². The molecule has 3 N–H and O–H groups in total. The number of rotatable bonds is 5. The van der Waals surface area contributed by atoms with Gasteiger partial charge in [-0.05, 0) is 49.1 Å².